The Kier molecular flexibility index (Phi) is 3.84. The predicted octanol–water partition coefficient (Wildman–Crippen LogP) is 2.06. The number of carbonyl (C=O) groups is 1. The topological polar surface area (TPSA) is 41.1 Å². The van der Waals surface area contributed by atoms with Gasteiger partial charge in [0.15, 0.2) is 0 Å². The van der Waals surface area contributed by atoms with Gasteiger partial charge in [-0.1, -0.05) is 28.1 Å². The average Bonchev–Trinajstić information content (AvgIpc) is 2.76. The van der Waals surface area contributed by atoms with Gasteiger partial charge in [0.25, 0.3) is 0 Å². The van der Waals surface area contributed by atoms with E-state index >= 15 is 0 Å². The molecular weight excluding hydrogens is 280 g/mol. The second kappa shape index (κ2) is 5.19. The molecule has 0 saturated carbocycles. The first kappa shape index (κ1) is 12.6. The Morgan fingerprint density at radius 3 is 2.76 bits per heavy atom. The van der Waals surface area contributed by atoms with Gasteiger partial charge in [0, 0.05) is 17.6 Å². The van der Waals surface area contributed by atoms with Crippen LogP contribution in [-0.2, 0) is 11.3 Å². The molecule has 0 bridgehead atoms. The van der Waals surface area contributed by atoms with Crippen LogP contribution in [0.15, 0.2) is 28.7 Å². The fraction of sp³-hybridized carbons (Fsp3) is 0.462. The van der Waals surface area contributed by atoms with Crippen molar-refractivity contribution in [1.82, 2.24) is 10.6 Å². The Morgan fingerprint density at radius 1 is 1.47 bits per heavy atom. The highest BCUT2D eigenvalue weighted by atomic mass is 79.9. The molecule has 2 N–H and O–H groups in total. The van der Waals surface area contributed by atoms with E-state index in [1.165, 1.54) is 0 Å². The van der Waals surface area contributed by atoms with Gasteiger partial charge in [-0.05, 0) is 37.6 Å². The summed E-state index contributed by atoms with van der Waals surface area (Å²) in [6.07, 6.45) is 0.916. The van der Waals surface area contributed by atoms with E-state index in [4.69, 9.17) is 0 Å². The molecule has 0 spiro atoms. The third-order valence-corrected chi connectivity index (χ3v) is 3.81. The lowest BCUT2D eigenvalue weighted by Gasteiger charge is -2.21. The van der Waals surface area contributed by atoms with Crippen molar-refractivity contribution in [3.63, 3.8) is 0 Å². The molecule has 0 aliphatic carbocycles. The van der Waals surface area contributed by atoms with E-state index in [0.717, 1.165) is 29.5 Å². The maximum atomic E-state index is 12.0. The lowest BCUT2D eigenvalue weighted by atomic mass is 9.89. The number of hydrogen-bond donors (Lipinski definition) is 2. The molecule has 4 heteroatoms. The summed E-state index contributed by atoms with van der Waals surface area (Å²) in [4.78, 5) is 12.0. The fourth-order valence-electron chi connectivity index (χ4n) is 2.01. The van der Waals surface area contributed by atoms with Crippen LogP contribution in [0, 0.1) is 5.41 Å². The molecule has 1 heterocycles. The molecule has 3 nitrogen and oxygen atoms in total. The molecule has 0 radical (unpaired) electrons. The minimum Gasteiger partial charge on any atom is -0.352 e. The number of amides is 1. The summed E-state index contributed by atoms with van der Waals surface area (Å²) in [5, 5.41) is 6.24. The van der Waals surface area contributed by atoms with Crippen molar-refractivity contribution < 1.29 is 4.79 Å². The van der Waals surface area contributed by atoms with E-state index in [-0.39, 0.29) is 11.3 Å². The van der Waals surface area contributed by atoms with Crippen LogP contribution in [0.5, 0.6) is 0 Å². The first-order chi connectivity index (χ1) is 8.10. The molecule has 0 aromatic heterocycles. The quantitative estimate of drug-likeness (QED) is 0.896. The molecule has 1 unspecified atom stereocenters. The minimum absolute atomic E-state index is 0.144. The summed E-state index contributed by atoms with van der Waals surface area (Å²) in [6.45, 7) is 4.33. The van der Waals surface area contributed by atoms with E-state index in [2.05, 4.69) is 26.6 Å². The van der Waals surface area contributed by atoms with Gasteiger partial charge in [-0.15, -0.1) is 0 Å². The molecule has 1 saturated heterocycles. The van der Waals surface area contributed by atoms with Crippen molar-refractivity contribution in [2.75, 3.05) is 13.1 Å². The summed E-state index contributed by atoms with van der Waals surface area (Å²) in [6, 6.07) is 8.00. The molecule has 1 aliphatic heterocycles. The van der Waals surface area contributed by atoms with Crippen molar-refractivity contribution in [1.29, 1.82) is 0 Å². The van der Waals surface area contributed by atoms with E-state index in [9.17, 15) is 4.79 Å². The Labute approximate surface area is 110 Å². The highest BCUT2D eigenvalue weighted by Gasteiger charge is 2.35. The molecule has 1 aliphatic rings. The second-order valence-electron chi connectivity index (χ2n) is 4.80. The number of rotatable bonds is 3. The van der Waals surface area contributed by atoms with Crippen LogP contribution >= 0.6 is 15.9 Å². The van der Waals surface area contributed by atoms with Gasteiger partial charge in [-0.25, -0.2) is 0 Å². The molecule has 1 atom stereocenters. The molecule has 1 fully saturated rings. The van der Waals surface area contributed by atoms with Crippen LogP contribution in [0.4, 0.5) is 0 Å². The average molecular weight is 297 g/mol. The van der Waals surface area contributed by atoms with E-state index in [0.29, 0.717) is 6.54 Å². The first-order valence-electron chi connectivity index (χ1n) is 5.84. The molecule has 2 rings (SSSR count). The Hall–Kier alpha value is -0.870. The zero-order chi connectivity index (χ0) is 12.3. The van der Waals surface area contributed by atoms with Gasteiger partial charge >= 0.3 is 0 Å². The van der Waals surface area contributed by atoms with Crippen LogP contribution in [0.1, 0.15) is 18.9 Å². The number of hydrogen-bond acceptors (Lipinski definition) is 2. The zero-order valence-corrected chi connectivity index (χ0v) is 11.5. The Bertz CT molecular complexity index is 396. The summed E-state index contributed by atoms with van der Waals surface area (Å²) in [5.74, 6) is 0.144. The van der Waals surface area contributed by atoms with Crippen molar-refractivity contribution in [2.45, 2.75) is 19.9 Å². The third-order valence-electron chi connectivity index (χ3n) is 3.28. The Balaban J connectivity index is 1.89. The van der Waals surface area contributed by atoms with Gasteiger partial charge in [0.05, 0.1) is 5.41 Å². The monoisotopic (exact) mass is 296 g/mol. The van der Waals surface area contributed by atoms with Crippen molar-refractivity contribution in [2.24, 2.45) is 5.41 Å². The number of benzene rings is 1. The summed E-state index contributed by atoms with van der Waals surface area (Å²) in [5.41, 5.74) is 0.881. The van der Waals surface area contributed by atoms with Crippen LogP contribution in [0.2, 0.25) is 0 Å². The number of halogens is 1. The first-order valence-corrected chi connectivity index (χ1v) is 6.63. The second-order valence-corrected chi connectivity index (χ2v) is 5.71. The zero-order valence-electron chi connectivity index (χ0n) is 9.92. The fourth-order valence-corrected chi connectivity index (χ4v) is 2.27. The van der Waals surface area contributed by atoms with Crippen molar-refractivity contribution in [3.8, 4) is 0 Å². The van der Waals surface area contributed by atoms with E-state index < -0.39 is 0 Å². The summed E-state index contributed by atoms with van der Waals surface area (Å²) >= 11 is 3.39. The van der Waals surface area contributed by atoms with E-state index in [1.807, 2.05) is 31.2 Å². The van der Waals surface area contributed by atoms with Crippen LogP contribution in [0.25, 0.3) is 0 Å². The maximum absolute atomic E-state index is 12.0. The molecule has 1 aromatic carbocycles. The molecule has 1 aromatic rings. The SMILES string of the molecule is CC1(C(=O)NCc2ccc(Br)cc2)CCNC1. The van der Waals surface area contributed by atoms with Gasteiger partial charge in [-0.3, -0.25) is 4.79 Å². The molecule has 17 heavy (non-hydrogen) atoms. The number of carbonyl (C=O) groups excluding carboxylic acids is 1. The van der Waals surface area contributed by atoms with Crippen LogP contribution < -0.4 is 10.6 Å². The van der Waals surface area contributed by atoms with Crippen LogP contribution in [-0.4, -0.2) is 19.0 Å². The largest absolute Gasteiger partial charge is 0.352 e. The molecular formula is C13H17BrN2O. The van der Waals surface area contributed by atoms with Gasteiger partial charge < -0.3 is 10.6 Å². The smallest absolute Gasteiger partial charge is 0.227 e. The Morgan fingerprint density at radius 2 is 2.18 bits per heavy atom. The molecule has 92 valence electrons. The summed E-state index contributed by atoms with van der Waals surface area (Å²) in [7, 11) is 0. The van der Waals surface area contributed by atoms with Crippen molar-refractivity contribution in [3.05, 3.63) is 34.3 Å². The van der Waals surface area contributed by atoms with Gasteiger partial charge in [0.2, 0.25) is 5.91 Å². The van der Waals surface area contributed by atoms with Crippen LogP contribution in [0.3, 0.4) is 0 Å². The lowest BCUT2D eigenvalue weighted by molar-refractivity contribution is -0.129. The normalized spacial score (nSPS) is 23.6. The lowest BCUT2D eigenvalue weighted by Crippen LogP contribution is -2.39. The molecule has 1 amide bonds. The highest BCUT2D eigenvalue weighted by molar-refractivity contribution is 9.10. The van der Waals surface area contributed by atoms with E-state index in [1.54, 1.807) is 0 Å². The predicted molar refractivity (Wildman–Crippen MR) is 71.6 cm³/mol. The van der Waals surface area contributed by atoms with Crippen molar-refractivity contribution >= 4 is 21.8 Å². The highest BCUT2D eigenvalue weighted by Crippen LogP contribution is 2.24. The number of nitrogens with one attached hydrogen (secondary N) is 2. The van der Waals surface area contributed by atoms with Gasteiger partial charge in [-0.2, -0.15) is 0 Å². The summed E-state index contributed by atoms with van der Waals surface area (Å²) < 4.78 is 1.06. The maximum Gasteiger partial charge on any atom is 0.227 e. The third kappa shape index (κ3) is 3.07. The minimum atomic E-state index is -0.241. The van der Waals surface area contributed by atoms with Gasteiger partial charge in [0.1, 0.15) is 0 Å². The standard InChI is InChI=1S/C13H17BrN2O/c1-13(6-7-15-9-13)12(17)16-8-10-2-4-11(14)5-3-10/h2-5,15H,6-9H2,1H3,(H,16,17).